The van der Waals surface area contributed by atoms with Crippen LogP contribution in [0.3, 0.4) is 0 Å². The van der Waals surface area contributed by atoms with Gasteiger partial charge in [0.15, 0.2) is 0 Å². The van der Waals surface area contributed by atoms with E-state index in [9.17, 15) is 4.79 Å². The zero-order chi connectivity index (χ0) is 17.9. The highest BCUT2D eigenvalue weighted by Crippen LogP contribution is 2.30. The molecule has 5 rings (SSSR count). The van der Waals surface area contributed by atoms with Crippen LogP contribution in [0.5, 0.6) is 0 Å². The lowest BCUT2D eigenvalue weighted by Gasteiger charge is -2.36. The van der Waals surface area contributed by atoms with Gasteiger partial charge < -0.3 is 5.73 Å². The summed E-state index contributed by atoms with van der Waals surface area (Å²) in [5.74, 6) is 0.393. The highest BCUT2D eigenvalue weighted by molar-refractivity contribution is 5.92. The predicted octanol–water partition coefficient (Wildman–Crippen LogP) is 2.88. The van der Waals surface area contributed by atoms with Crippen molar-refractivity contribution >= 4 is 5.91 Å². The standard InChI is InChI=1S/C22H27N3O/c23-22(26)20-9-6-18(7-10-20)14-25-15-19-8-11-21(25)16-24(13-19)12-17-4-2-1-3-5-17/h1-7,9-10,19,21H,8,11-16H2,(H2,23,26)/t19-,21+/m0/s1. The summed E-state index contributed by atoms with van der Waals surface area (Å²) in [4.78, 5) is 16.5. The zero-order valence-corrected chi connectivity index (χ0v) is 15.2. The second-order valence-electron chi connectivity index (χ2n) is 7.77. The van der Waals surface area contributed by atoms with E-state index in [2.05, 4.69) is 40.1 Å². The molecule has 2 atom stereocenters. The van der Waals surface area contributed by atoms with Crippen LogP contribution in [0.25, 0.3) is 0 Å². The molecule has 0 aromatic heterocycles. The third kappa shape index (κ3) is 3.97. The molecule has 0 aliphatic carbocycles. The summed E-state index contributed by atoms with van der Waals surface area (Å²) in [6.07, 6.45) is 2.63. The fourth-order valence-corrected chi connectivity index (χ4v) is 4.45. The minimum atomic E-state index is -0.359. The van der Waals surface area contributed by atoms with Crippen LogP contribution in [0.1, 0.15) is 34.3 Å². The zero-order valence-electron chi connectivity index (χ0n) is 15.2. The third-order valence-electron chi connectivity index (χ3n) is 5.78. The Balaban J connectivity index is 1.42. The number of rotatable bonds is 5. The molecule has 4 heteroatoms. The number of benzene rings is 2. The van der Waals surface area contributed by atoms with Gasteiger partial charge in [-0.3, -0.25) is 14.6 Å². The number of nitrogens with zero attached hydrogens (tertiary/aromatic N) is 2. The maximum Gasteiger partial charge on any atom is 0.248 e. The van der Waals surface area contributed by atoms with Gasteiger partial charge in [0.2, 0.25) is 5.91 Å². The minimum Gasteiger partial charge on any atom is -0.366 e. The van der Waals surface area contributed by atoms with Crippen LogP contribution in [-0.4, -0.2) is 41.4 Å². The molecule has 3 aliphatic rings. The Morgan fingerprint density at radius 2 is 1.62 bits per heavy atom. The van der Waals surface area contributed by atoms with Crippen LogP contribution in [-0.2, 0) is 13.1 Å². The van der Waals surface area contributed by atoms with Crippen molar-refractivity contribution < 1.29 is 4.79 Å². The lowest BCUT2D eigenvalue weighted by atomic mass is 9.94. The number of carbonyl (C=O) groups excluding carboxylic acids is 1. The average molecular weight is 349 g/mol. The Morgan fingerprint density at radius 3 is 2.35 bits per heavy atom. The smallest absolute Gasteiger partial charge is 0.248 e. The first-order valence-corrected chi connectivity index (χ1v) is 9.56. The summed E-state index contributed by atoms with van der Waals surface area (Å²) in [5.41, 5.74) is 8.59. The molecule has 0 unspecified atom stereocenters. The molecule has 0 saturated carbocycles. The summed E-state index contributed by atoms with van der Waals surface area (Å²) in [6.45, 7) is 5.52. The first kappa shape index (κ1) is 17.3. The van der Waals surface area contributed by atoms with Crippen molar-refractivity contribution in [1.29, 1.82) is 0 Å². The fraction of sp³-hybridized carbons (Fsp3) is 0.409. The Labute approximate surface area is 155 Å². The molecule has 2 aromatic rings. The molecule has 3 heterocycles. The predicted molar refractivity (Wildman–Crippen MR) is 104 cm³/mol. The van der Waals surface area contributed by atoms with Gasteiger partial charge in [-0.2, -0.15) is 0 Å². The molecule has 1 amide bonds. The summed E-state index contributed by atoms with van der Waals surface area (Å²) >= 11 is 0. The van der Waals surface area contributed by atoms with Crippen LogP contribution in [0.15, 0.2) is 54.6 Å². The number of fused-ring (bicyclic) bond motifs is 4. The molecule has 0 spiro atoms. The van der Waals surface area contributed by atoms with Gasteiger partial charge in [0.1, 0.15) is 0 Å². The molecule has 26 heavy (non-hydrogen) atoms. The van der Waals surface area contributed by atoms with Gasteiger partial charge in [-0.25, -0.2) is 0 Å². The van der Waals surface area contributed by atoms with E-state index in [1.54, 1.807) is 0 Å². The maximum absolute atomic E-state index is 11.2. The molecule has 0 radical (unpaired) electrons. The number of amides is 1. The van der Waals surface area contributed by atoms with Crippen molar-refractivity contribution in [2.75, 3.05) is 19.6 Å². The quantitative estimate of drug-likeness (QED) is 0.903. The van der Waals surface area contributed by atoms with Gasteiger partial charge in [-0.15, -0.1) is 0 Å². The molecule has 136 valence electrons. The van der Waals surface area contributed by atoms with Crippen molar-refractivity contribution in [2.24, 2.45) is 11.7 Å². The summed E-state index contributed by atoms with van der Waals surface area (Å²) < 4.78 is 0. The van der Waals surface area contributed by atoms with Gasteiger partial charge in [-0.1, -0.05) is 42.5 Å². The number of nitrogens with two attached hydrogens (primary N) is 1. The summed E-state index contributed by atoms with van der Waals surface area (Å²) in [7, 11) is 0. The molecule has 4 nitrogen and oxygen atoms in total. The van der Waals surface area contributed by atoms with E-state index in [1.807, 2.05) is 24.3 Å². The normalized spacial score (nSPS) is 23.7. The number of carbonyl (C=O) groups is 1. The van der Waals surface area contributed by atoms with Crippen molar-refractivity contribution in [3.05, 3.63) is 71.3 Å². The lowest BCUT2D eigenvalue weighted by molar-refractivity contribution is 0.1000. The van der Waals surface area contributed by atoms with Gasteiger partial charge in [0.25, 0.3) is 0 Å². The van der Waals surface area contributed by atoms with Crippen molar-refractivity contribution in [1.82, 2.24) is 9.80 Å². The monoisotopic (exact) mass is 349 g/mol. The molecular formula is C22H27N3O. The second kappa shape index (κ2) is 7.60. The molecular weight excluding hydrogens is 322 g/mol. The van der Waals surface area contributed by atoms with E-state index in [0.717, 1.165) is 25.6 Å². The highest BCUT2D eigenvalue weighted by Gasteiger charge is 2.34. The van der Waals surface area contributed by atoms with Gasteiger partial charge in [-0.05, 0) is 42.0 Å². The second-order valence-corrected chi connectivity index (χ2v) is 7.77. The average Bonchev–Trinajstić information content (AvgIpc) is 2.93. The van der Waals surface area contributed by atoms with Crippen LogP contribution >= 0.6 is 0 Å². The number of primary amides is 1. The third-order valence-corrected chi connectivity index (χ3v) is 5.78. The van der Waals surface area contributed by atoms with Crippen molar-refractivity contribution in [3.63, 3.8) is 0 Å². The molecule has 2 bridgehead atoms. The largest absolute Gasteiger partial charge is 0.366 e. The lowest BCUT2D eigenvalue weighted by Crippen LogP contribution is -2.43. The number of piperidine rings is 1. The molecule has 2 N–H and O–H groups in total. The Bertz CT molecular complexity index is 744. The van der Waals surface area contributed by atoms with Crippen molar-refractivity contribution in [3.8, 4) is 0 Å². The highest BCUT2D eigenvalue weighted by atomic mass is 16.1. The van der Waals surface area contributed by atoms with E-state index in [4.69, 9.17) is 5.73 Å². The SMILES string of the molecule is NC(=O)c1ccc(CN2C[C@H]3CC[C@@H]2CN(Cc2ccccc2)C3)cc1. The van der Waals surface area contributed by atoms with Crippen LogP contribution < -0.4 is 5.73 Å². The Kier molecular flexibility index (Phi) is 5.05. The van der Waals surface area contributed by atoms with Gasteiger partial charge in [0.05, 0.1) is 0 Å². The van der Waals surface area contributed by atoms with E-state index in [1.165, 1.54) is 37.1 Å². The molecule has 3 fully saturated rings. The minimum absolute atomic E-state index is 0.359. The maximum atomic E-state index is 11.2. The first-order valence-electron chi connectivity index (χ1n) is 9.56. The van der Waals surface area contributed by atoms with Crippen LogP contribution in [0.2, 0.25) is 0 Å². The topological polar surface area (TPSA) is 49.6 Å². The van der Waals surface area contributed by atoms with Crippen LogP contribution in [0.4, 0.5) is 0 Å². The summed E-state index contributed by atoms with van der Waals surface area (Å²) in [6, 6.07) is 19.2. The van der Waals surface area contributed by atoms with E-state index in [0.29, 0.717) is 11.6 Å². The Hall–Kier alpha value is -2.17. The Morgan fingerprint density at radius 1 is 0.885 bits per heavy atom. The molecule has 3 saturated heterocycles. The van der Waals surface area contributed by atoms with Crippen molar-refractivity contribution in [2.45, 2.75) is 32.0 Å². The van der Waals surface area contributed by atoms with Gasteiger partial charge in [0, 0.05) is 44.3 Å². The van der Waals surface area contributed by atoms with E-state index < -0.39 is 0 Å². The fourth-order valence-electron chi connectivity index (χ4n) is 4.45. The molecule has 3 aliphatic heterocycles. The number of hydrogen-bond acceptors (Lipinski definition) is 3. The molecule has 2 aromatic carbocycles. The van der Waals surface area contributed by atoms with E-state index >= 15 is 0 Å². The van der Waals surface area contributed by atoms with Crippen LogP contribution in [0, 0.1) is 5.92 Å². The van der Waals surface area contributed by atoms with E-state index in [-0.39, 0.29) is 5.91 Å². The summed E-state index contributed by atoms with van der Waals surface area (Å²) in [5, 5.41) is 0. The van der Waals surface area contributed by atoms with Gasteiger partial charge >= 0.3 is 0 Å². The number of hydrogen-bond donors (Lipinski definition) is 1. The first-order chi connectivity index (χ1) is 12.7.